The molecule has 0 spiro atoms. The van der Waals surface area contributed by atoms with Gasteiger partial charge < -0.3 is 5.11 Å². The fourth-order valence-electron chi connectivity index (χ4n) is 0. The van der Waals surface area contributed by atoms with Crippen LogP contribution in [0.3, 0.4) is 0 Å². The van der Waals surface area contributed by atoms with Crippen molar-refractivity contribution in [2.75, 3.05) is 0 Å². The second kappa shape index (κ2) is 15.6. The Morgan fingerprint density at radius 1 is 1.43 bits per heavy atom. The van der Waals surface area contributed by atoms with Crippen molar-refractivity contribution in [2.24, 2.45) is 0 Å². The Bertz CT molecular complexity index is 36.7. The molecule has 1 N–H and O–H groups in total. The van der Waals surface area contributed by atoms with Crippen molar-refractivity contribution in [1.29, 1.82) is 0 Å². The fraction of sp³-hybridized carbons (Fsp3) is 0.500. The second-order valence-electron chi connectivity index (χ2n) is 0.519. The van der Waals surface area contributed by atoms with Crippen molar-refractivity contribution in [3.05, 3.63) is 0 Å². The second-order valence-corrected chi connectivity index (χ2v) is 0.519. The van der Waals surface area contributed by atoms with Crippen LogP contribution in [0.15, 0.2) is 0 Å². The summed E-state index contributed by atoms with van der Waals surface area (Å²) in [4.78, 5) is 9.00. The molecule has 0 aromatic carbocycles. The zero-order valence-electron chi connectivity index (χ0n) is 3.67. The fourth-order valence-corrected chi connectivity index (χ4v) is 0. The summed E-state index contributed by atoms with van der Waals surface area (Å²) >= 11 is 0. The topological polar surface area (TPSA) is 37.3 Å². The van der Waals surface area contributed by atoms with Crippen LogP contribution in [0, 0.1) is 0 Å². The summed E-state index contributed by atoms with van der Waals surface area (Å²) in [5, 5.41) is 7.42. The first kappa shape index (κ1) is 23.3. The molecule has 0 aliphatic carbocycles. The van der Waals surface area contributed by atoms with Gasteiger partial charge in [-0.2, -0.15) is 0 Å². The van der Waals surface area contributed by atoms with E-state index in [1.165, 1.54) is 0 Å². The molecule has 7 heavy (non-hydrogen) atoms. The van der Waals surface area contributed by atoms with E-state index in [9.17, 15) is 0 Å². The third-order valence-corrected chi connectivity index (χ3v) is 0. The van der Waals surface area contributed by atoms with E-state index in [1.54, 1.807) is 0 Å². The first-order valence-corrected chi connectivity index (χ1v) is 0.928. The number of carboxylic acid groups (broad SMARTS) is 1. The molecule has 0 saturated heterocycles. The summed E-state index contributed by atoms with van der Waals surface area (Å²) < 4.78 is 0. The quantitative estimate of drug-likeness (QED) is 0.433. The molecule has 0 atom stereocenters. The third-order valence-electron chi connectivity index (χ3n) is 0. The van der Waals surface area contributed by atoms with Crippen molar-refractivity contribution in [2.45, 2.75) is 6.92 Å². The number of rotatable bonds is 0. The molecule has 0 aromatic rings. The number of carboxylic acids is 1. The van der Waals surface area contributed by atoms with Crippen molar-refractivity contribution in [3.8, 4) is 0 Å². The first-order chi connectivity index (χ1) is 1.73. The zero-order valence-corrected chi connectivity index (χ0v) is 11.2. The molecule has 48 valence electrons. The molecule has 5 heteroatoms. The molecule has 0 amide bonds. The van der Waals surface area contributed by atoms with Crippen LogP contribution in [0.25, 0.3) is 0 Å². The summed E-state index contributed by atoms with van der Waals surface area (Å²) in [6, 6.07) is 0. The summed E-state index contributed by atoms with van der Waals surface area (Å²) in [5.41, 5.74) is 0. The van der Waals surface area contributed by atoms with Gasteiger partial charge in [-0.3, -0.25) is 4.79 Å². The number of aliphatic carboxylic acids is 1. The van der Waals surface area contributed by atoms with Gasteiger partial charge >= 0.3 is 23.7 Å². The predicted octanol–water partition coefficient (Wildman–Crippen LogP) is 0.411. The normalized spacial score (nSPS) is 3.57. The van der Waals surface area contributed by atoms with Crippen molar-refractivity contribution >= 4 is 77.6 Å². The van der Waals surface area contributed by atoms with Crippen molar-refractivity contribution in [3.63, 3.8) is 0 Å². The van der Waals surface area contributed by atoms with Crippen molar-refractivity contribution in [1.82, 2.24) is 0 Å². The number of halogens is 2. The van der Waals surface area contributed by atoms with E-state index in [1.807, 2.05) is 0 Å². The molecule has 0 aliphatic heterocycles. The molecule has 2 nitrogen and oxygen atoms in total. The van der Waals surface area contributed by atoms with E-state index in [4.69, 9.17) is 9.90 Å². The number of carbonyl (C=O) groups is 1. The van der Waals surface area contributed by atoms with Crippen LogP contribution >= 0.6 is 48.0 Å². The maximum atomic E-state index is 9.00. The van der Waals surface area contributed by atoms with Crippen LogP contribution in [0.5, 0.6) is 0 Å². The Hall–Kier alpha value is 1.72. The Labute approximate surface area is 93.2 Å². The third kappa shape index (κ3) is 85.4. The summed E-state index contributed by atoms with van der Waals surface area (Å²) in [6.07, 6.45) is 0. The van der Waals surface area contributed by atoms with Crippen LogP contribution < -0.4 is 0 Å². The van der Waals surface area contributed by atoms with Crippen LogP contribution in [0.2, 0.25) is 0 Å². The number of hydrogen-bond acceptors (Lipinski definition) is 1. The number of hydrogen-bond donors (Lipinski definition) is 1. The van der Waals surface area contributed by atoms with E-state index in [0.717, 1.165) is 6.92 Å². The van der Waals surface area contributed by atoms with Gasteiger partial charge in [-0.25, -0.2) is 0 Å². The van der Waals surface area contributed by atoms with Gasteiger partial charge in [0.2, 0.25) is 0 Å². The van der Waals surface area contributed by atoms with Crippen LogP contribution in [-0.4, -0.2) is 34.7 Å². The molecule has 0 aromatic heterocycles. The molecular weight excluding hydrogens is 437 g/mol. The average Bonchev–Trinajstić information content (AvgIpc) is 0.811. The predicted molar refractivity (Wildman–Crippen MR) is 52.7 cm³/mol. The van der Waals surface area contributed by atoms with Crippen LogP contribution in [0.4, 0.5) is 0 Å². The Balaban J connectivity index is -0.0000000150. The van der Waals surface area contributed by atoms with E-state index in [2.05, 4.69) is 0 Å². The maximum absolute atomic E-state index is 9.00. The first-order valence-electron chi connectivity index (χ1n) is 0.928. The minimum atomic E-state index is -0.833. The molecule has 0 fully saturated rings. The van der Waals surface area contributed by atoms with E-state index in [0.29, 0.717) is 0 Å². The summed E-state index contributed by atoms with van der Waals surface area (Å²) in [6.45, 7) is 1.08. The van der Waals surface area contributed by atoms with Gasteiger partial charge in [0.25, 0.3) is 5.97 Å². The van der Waals surface area contributed by atoms with Gasteiger partial charge in [-0.15, -0.1) is 48.0 Å². The molecule has 0 bridgehead atoms. The molecule has 0 heterocycles. The molecule has 0 saturated carbocycles. The Morgan fingerprint density at radius 3 is 1.43 bits per heavy atom. The Morgan fingerprint density at radius 2 is 1.43 bits per heavy atom. The SMILES string of the molecule is CC(=O)O.I.I.[TeH2]. The minimum absolute atomic E-state index is 0. The van der Waals surface area contributed by atoms with Gasteiger partial charge in [0.05, 0.1) is 0 Å². The molecule has 0 unspecified atom stereocenters. The molecular formula is C2H8I2O2Te. The van der Waals surface area contributed by atoms with Gasteiger partial charge in [0.1, 0.15) is 0 Å². The van der Waals surface area contributed by atoms with Gasteiger partial charge in [0, 0.05) is 6.92 Å². The monoisotopic (exact) mass is 448 g/mol. The molecule has 0 rings (SSSR count). The van der Waals surface area contributed by atoms with E-state index in [-0.39, 0.29) is 71.6 Å². The molecule has 0 radical (unpaired) electrons. The molecule has 0 aliphatic rings. The average molecular weight is 445 g/mol. The summed E-state index contributed by atoms with van der Waals surface area (Å²) in [7, 11) is 0. The summed E-state index contributed by atoms with van der Waals surface area (Å²) in [5.74, 6) is -0.833. The zero-order chi connectivity index (χ0) is 3.58. The van der Waals surface area contributed by atoms with E-state index >= 15 is 0 Å². The standard InChI is InChI=1S/C2H4O2.2HI.H2Te/c1-2(3)4;;;/h1H3,(H,3,4);2*1H;1H2. The van der Waals surface area contributed by atoms with Crippen molar-refractivity contribution < 1.29 is 9.90 Å². The van der Waals surface area contributed by atoms with Gasteiger partial charge in [0.15, 0.2) is 0 Å². The van der Waals surface area contributed by atoms with Crippen LogP contribution in [0.1, 0.15) is 6.92 Å². The van der Waals surface area contributed by atoms with Gasteiger partial charge in [-0.05, 0) is 0 Å². The Kier molecular flexibility index (Phi) is 52.1. The van der Waals surface area contributed by atoms with Crippen LogP contribution in [-0.2, 0) is 4.79 Å². The van der Waals surface area contributed by atoms with E-state index < -0.39 is 5.97 Å². The van der Waals surface area contributed by atoms with Gasteiger partial charge in [-0.1, -0.05) is 0 Å².